The topological polar surface area (TPSA) is 138 Å². The molecule has 4 rings (SSSR count). The molecule has 4 aromatic rings. The Morgan fingerprint density at radius 2 is 1.21 bits per heavy atom. The molecule has 52 heavy (non-hydrogen) atoms. The van der Waals surface area contributed by atoms with E-state index in [0.29, 0.717) is 5.56 Å². The number of likely N-dealkylation sites (N-methyl/N-ethyl adjacent to an activating group) is 3. The minimum absolute atomic E-state index is 0. The van der Waals surface area contributed by atoms with Crippen LogP contribution in [0.2, 0.25) is 0 Å². The van der Waals surface area contributed by atoms with Gasteiger partial charge in [0.1, 0.15) is 41.6 Å². The molecule has 0 spiro atoms. The zero-order chi connectivity index (χ0) is 37.8. The van der Waals surface area contributed by atoms with Crippen molar-refractivity contribution in [1.29, 1.82) is 0 Å². The molecule has 0 radical (unpaired) electrons. The third-order valence-electron chi connectivity index (χ3n) is 7.73. The molecule has 0 fully saturated rings. The standard InChI is InChI=1S/C15H17NO.2C12H15FN2O2.CH4/c1-11(17)15(16-2)10-12-7-8-13-5-3-4-6-14(13)9-12;1-9(16)12(14-2)8-17-15-7-10-3-5-11(13)6-4-10;1-8(16)11(14-2)7-15-12(17)9-3-5-10(13)6-4-9;/h3-9,15-16H,10H2,1-2H3;3-7,12,14H,8H2,1-2H3;3-6,11,14H,7H2,1-2H3,(H,15,17);1H4/b;15-7+;;. The van der Waals surface area contributed by atoms with Crippen molar-refractivity contribution in [1.82, 2.24) is 21.3 Å². The molecule has 0 saturated carbocycles. The van der Waals surface area contributed by atoms with E-state index in [0.717, 1.165) is 12.0 Å². The molecule has 3 atom stereocenters. The smallest absolute Gasteiger partial charge is 0.251 e. The van der Waals surface area contributed by atoms with Crippen molar-refractivity contribution in [3.63, 3.8) is 0 Å². The van der Waals surface area contributed by atoms with Crippen LogP contribution in [0.4, 0.5) is 8.78 Å². The molecule has 280 valence electrons. The number of rotatable bonds is 15. The van der Waals surface area contributed by atoms with Gasteiger partial charge in [0.25, 0.3) is 5.91 Å². The highest BCUT2D eigenvalue weighted by molar-refractivity contribution is 5.94. The molecule has 0 aliphatic carbocycles. The maximum absolute atomic E-state index is 12.6. The average molecular weight is 720 g/mol. The Balaban J connectivity index is 0.000000386. The first kappa shape index (κ1) is 44.9. The summed E-state index contributed by atoms with van der Waals surface area (Å²) in [5, 5.41) is 17.4. The Hall–Kier alpha value is -5.17. The van der Waals surface area contributed by atoms with Gasteiger partial charge in [-0.3, -0.25) is 19.2 Å². The highest BCUT2D eigenvalue weighted by Gasteiger charge is 2.14. The summed E-state index contributed by atoms with van der Waals surface area (Å²) in [6, 6.07) is 24.9. The van der Waals surface area contributed by atoms with E-state index in [1.165, 1.54) is 72.8 Å². The molecular formula is C40H51F2N5O5. The van der Waals surface area contributed by atoms with Crippen molar-refractivity contribution < 1.29 is 32.8 Å². The molecule has 0 aliphatic heterocycles. The van der Waals surface area contributed by atoms with Crippen LogP contribution in [0.15, 0.2) is 96.2 Å². The summed E-state index contributed by atoms with van der Waals surface area (Å²) in [5.74, 6) is -0.892. The fourth-order valence-electron chi connectivity index (χ4n) is 4.57. The summed E-state index contributed by atoms with van der Waals surface area (Å²) < 4.78 is 25.2. The van der Waals surface area contributed by atoms with E-state index in [2.05, 4.69) is 56.8 Å². The van der Waals surface area contributed by atoms with Crippen LogP contribution in [0.25, 0.3) is 10.8 Å². The lowest BCUT2D eigenvalue weighted by molar-refractivity contribution is -0.120. The van der Waals surface area contributed by atoms with Crippen molar-refractivity contribution >= 4 is 40.2 Å². The molecule has 4 aromatic carbocycles. The summed E-state index contributed by atoms with van der Waals surface area (Å²) in [4.78, 5) is 50.1. The van der Waals surface area contributed by atoms with Gasteiger partial charge in [0.2, 0.25) is 0 Å². The third kappa shape index (κ3) is 16.2. The van der Waals surface area contributed by atoms with E-state index < -0.39 is 11.9 Å². The van der Waals surface area contributed by atoms with Crippen LogP contribution in [0.3, 0.4) is 0 Å². The number of benzene rings is 4. The Morgan fingerprint density at radius 1 is 0.692 bits per heavy atom. The Bertz CT molecular complexity index is 1730. The molecule has 4 N–H and O–H groups in total. The molecular weight excluding hydrogens is 668 g/mol. The van der Waals surface area contributed by atoms with Gasteiger partial charge in [-0.1, -0.05) is 67.2 Å². The number of halogens is 2. The van der Waals surface area contributed by atoms with Crippen LogP contribution in [-0.2, 0) is 25.6 Å². The van der Waals surface area contributed by atoms with Crippen LogP contribution in [-0.4, -0.2) is 81.9 Å². The lowest BCUT2D eigenvalue weighted by atomic mass is 10.00. The monoisotopic (exact) mass is 719 g/mol. The predicted octanol–water partition coefficient (Wildman–Crippen LogP) is 5.28. The third-order valence-corrected chi connectivity index (χ3v) is 7.73. The summed E-state index contributed by atoms with van der Waals surface area (Å²) in [7, 11) is 5.16. The van der Waals surface area contributed by atoms with Gasteiger partial charge >= 0.3 is 0 Å². The minimum atomic E-state index is -0.403. The highest BCUT2D eigenvalue weighted by atomic mass is 19.1. The summed E-state index contributed by atoms with van der Waals surface area (Å²) in [5.41, 5.74) is 2.29. The average Bonchev–Trinajstić information content (AvgIpc) is 3.12. The number of hydrogen-bond acceptors (Lipinski definition) is 9. The lowest BCUT2D eigenvalue weighted by Crippen LogP contribution is -2.43. The molecule has 1 amide bonds. The maximum atomic E-state index is 12.6. The molecule has 0 aliphatic rings. The van der Waals surface area contributed by atoms with Gasteiger partial charge in [0.15, 0.2) is 0 Å². The van der Waals surface area contributed by atoms with E-state index in [4.69, 9.17) is 4.84 Å². The van der Waals surface area contributed by atoms with Crippen LogP contribution in [0.1, 0.15) is 49.7 Å². The number of nitrogens with one attached hydrogen (secondary N) is 4. The second-order valence-electron chi connectivity index (χ2n) is 11.5. The normalized spacial score (nSPS) is 12.2. The van der Waals surface area contributed by atoms with E-state index >= 15 is 0 Å². The number of oxime groups is 1. The Kier molecular flexibility index (Phi) is 20.8. The second kappa shape index (κ2) is 24.1. The number of hydrogen-bond donors (Lipinski definition) is 4. The first-order valence-corrected chi connectivity index (χ1v) is 16.3. The summed E-state index contributed by atoms with van der Waals surface area (Å²) in [6.45, 7) is 4.94. The van der Waals surface area contributed by atoms with Gasteiger partial charge in [-0.25, -0.2) is 8.78 Å². The van der Waals surface area contributed by atoms with Crippen molar-refractivity contribution in [2.24, 2.45) is 5.16 Å². The fourth-order valence-corrected chi connectivity index (χ4v) is 4.57. The number of amides is 1. The van der Waals surface area contributed by atoms with Crippen molar-refractivity contribution in [3.8, 4) is 0 Å². The van der Waals surface area contributed by atoms with Gasteiger partial charge in [0, 0.05) is 12.1 Å². The largest absolute Gasteiger partial charge is 0.394 e. The van der Waals surface area contributed by atoms with Gasteiger partial charge in [0.05, 0.1) is 18.3 Å². The first-order chi connectivity index (χ1) is 24.4. The number of carbonyl (C=O) groups is 4. The minimum Gasteiger partial charge on any atom is -0.394 e. The SMILES string of the molecule is C.CNC(CNC(=O)c1ccc(F)cc1)C(C)=O.CNC(CO/N=C/c1ccc(F)cc1)C(C)=O.CNC(Cc1ccc2ccccc2c1)C(C)=O. The number of fused-ring (bicyclic) bond motifs is 1. The van der Waals surface area contributed by atoms with Crippen molar-refractivity contribution in [2.75, 3.05) is 34.3 Å². The Morgan fingerprint density at radius 3 is 1.73 bits per heavy atom. The van der Waals surface area contributed by atoms with Crippen molar-refractivity contribution in [2.45, 2.75) is 52.7 Å². The fraction of sp³-hybridized carbons (Fsp3) is 0.325. The molecule has 3 unspecified atom stereocenters. The first-order valence-electron chi connectivity index (χ1n) is 16.3. The highest BCUT2D eigenvalue weighted by Crippen LogP contribution is 2.16. The molecule has 10 nitrogen and oxygen atoms in total. The Labute approximate surface area is 305 Å². The van der Waals surface area contributed by atoms with Crippen LogP contribution >= 0.6 is 0 Å². The number of carbonyl (C=O) groups excluding carboxylic acids is 4. The van der Waals surface area contributed by atoms with Crippen LogP contribution in [0.5, 0.6) is 0 Å². The van der Waals surface area contributed by atoms with E-state index in [-0.39, 0.29) is 61.7 Å². The predicted molar refractivity (Wildman–Crippen MR) is 204 cm³/mol. The zero-order valence-electron chi connectivity index (χ0n) is 29.8. The number of nitrogens with zero attached hydrogens (tertiary/aromatic N) is 1. The van der Waals surface area contributed by atoms with Gasteiger partial charge in [-0.05, 0) is 107 Å². The van der Waals surface area contributed by atoms with E-state index in [9.17, 15) is 28.0 Å². The van der Waals surface area contributed by atoms with E-state index in [1.807, 2.05) is 19.2 Å². The summed E-state index contributed by atoms with van der Waals surface area (Å²) >= 11 is 0. The molecule has 0 heterocycles. The van der Waals surface area contributed by atoms with Gasteiger partial charge < -0.3 is 26.1 Å². The second-order valence-corrected chi connectivity index (χ2v) is 11.5. The van der Waals surface area contributed by atoms with Crippen molar-refractivity contribution in [3.05, 3.63) is 119 Å². The molecule has 0 saturated heterocycles. The van der Waals surface area contributed by atoms with E-state index in [1.54, 1.807) is 33.2 Å². The summed E-state index contributed by atoms with van der Waals surface area (Å²) in [6.07, 6.45) is 2.21. The van der Waals surface area contributed by atoms with Crippen LogP contribution in [0, 0.1) is 11.6 Å². The molecule has 0 bridgehead atoms. The molecule has 12 heteroatoms. The number of Topliss-reactive ketones (excluding diaryl/α,β-unsaturated/α-hetero) is 3. The van der Waals surface area contributed by atoms with Crippen LogP contribution < -0.4 is 21.3 Å². The maximum Gasteiger partial charge on any atom is 0.251 e. The zero-order valence-corrected chi connectivity index (χ0v) is 29.8. The molecule has 0 aromatic heterocycles. The quantitative estimate of drug-likeness (QED) is 0.0963. The number of ketones is 3. The van der Waals surface area contributed by atoms with Gasteiger partial charge in [-0.2, -0.15) is 0 Å². The van der Waals surface area contributed by atoms with Gasteiger partial charge in [-0.15, -0.1) is 0 Å². The lowest BCUT2D eigenvalue weighted by Gasteiger charge is -2.13.